The molecule has 3 heteroatoms. The first-order valence-corrected chi connectivity index (χ1v) is 4.98. The largest absolute Gasteiger partial charge is 0.506 e. The number of aromatic nitrogens is 1. The van der Waals surface area contributed by atoms with Gasteiger partial charge in [-0.2, -0.15) is 0 Å². The lowest BCUT2D eigenvalue weighted by Gasteiger charge is -2.16. The summed E-state index contributed by atoms with van der Waals surface area (Å²) in [7, 11) is 0. The minimum absolute atomic E-state index is 0.221. The standard InChI is InChI=1S/C11H18N2O/c1-8(2)13-9(3)6-10-4-5-11(14)7-12-10/h4-5,7-9,13-14H,6H2,1-3H3/t9-/m0/s1. The Hall–Kier alpha value is -1.09. The van der Waals surface area contributed by atoms with Gasteiger partial charge in [-0.25, -0.2) is 0 Å². The molecule has 0 saturated heterocycles. The molecule has 1 aromatic rings. The van der Waals surface area contributed by atoms with Crippen molar-refractivity contribution in [3.8, 4) is 5.75 Å². The van der Waals surface area contributed by atoms with Crippen LogP contribution in [-0.4, -0.2) is 22.2 Å². The second-order valence-electron chi connectivity index (χ2n) is 3.93. The van der Waals surface area contributed by atoms with Crippen LogP contribution in [0, 0.1) is 0 Å². The normalized spacial score (nSPS) is 13.1. The Morgan fingerprint density at radius 2 is 2.07 bits per heavy atom. The second kappa shape index (κ2) is 4.96. The zero-order valence-corrected chi connectivity index (χ0v) is 8.99. The third-order valence-corrected chi connectivity index (χ3v) is 1.94. The van der Waals surface area contributed by atoms with E-state index in [0.29, 0.717) is 12.1 Å². The molecule has 1 atom stereocenters. The predicted molar refractivity (Wildman–Crippen MR) is 57.3 cm³/mol. The zero-order chi connectivity index (χ0) is 10.6. The summed E-state index contributed by atoms with van der Waals surface area (Å²) in [6, 6.07) is 4.42. The molecule has 0 aliphatic rings. The van der Waals surface area contributed by atoms with Crippen LogP contribution in [0.5, 0.6) is 5.75 Å². The minimum atomic E-state index is 0.221. The van der Waals surface area contributed by atoms with Crippen LogP contribution in [0.4, 0.5) is 0 Å². The number of hydrogen-bond acceptors (Lipinski definition) is 3. The highest BCUT2D eigenvalue weighted by molar-refractivity contribution is 5.18. The van der Waals surface area contributed by atoms with E-state index < -0.39 is 0 Å². The van der Waals surface area contributed by atoms with Crippen molar-refractivity contribution in [2.24, 2.45) is 0 Å². The number of pyridine rings is 1. The van der Waals surface area contributed by atoms with Crippen molar-refractivity contribution in [2.75, 3.05) is 0 Å². The van der Waals surface area contributed by atoms with Gasteiger partial charge in [-0.1, -0.05) is 13.8 Å². The van der Waals surface area contributed by atoms with E-state index in [0.717, 1.165) is 12.1 Å². The van der Waals surface area contributed by atoms with Gasteiger partial charge in [-0.3, -0.25) is 4.98 Å². The summed E-state index contributed by atoms with van der Waals surface area (Å²) < 4.78 is 0. The number of rotatable bonds is 4. The van der Waals surface area contributed by atoms with Gasteiger partial charge >= 0.3 is 0 Å². The van der Waals surface area contributed by atoms with E-state index >= 15 is 0 Å². The molecule has 1 heterocycles. The summed E-state index contributed by atoms with van der Waals surface area (Å²) in [5.41, 5.74) is 1.00. The van der Waals surface area contributed by atoms with Crippen LogP contribution in [-0.2, 0) is 6.42 Å². The Morgan fingerprint density at radius 1 is 1.36 bits per heavy atom. The summed E-state index contributed by atoms with van der Waals surface area (Å²) in [6.45, 7) is 6.38. The fraction of sp³-hybridized carbons (Fsp3) is 0.545. The average molecular weight is 194 g/mol. The first-order valence-electron chi connectivity index (χ1n) is 4.98. The van der Waals surface area contributed by atoms with E-state index in [1.54, 1.807) is 6.07 Å². The molecule has 0 aromatic carbocycles. The average Bonchev–Trinajstić information content (AvgIpc) is 2.07. The first kappa shape index (κ1) is 11.0. The quantitative estimate of drug-likeness (QED) is 0.767. The summed E-state index contributed by atoms with van der Waals surface area (Å²) in [4.78, 5) is 4.14. The summed E-state index contributed by atoms with van der Waals surface area (Å²) in [6.07, 6.45) is 2.37. The molecule has 3 nitrogen and oxygen atoms in total. The number of nitrogens with zero attached hydrogens (tertiary/aromatic N) is 1. The third kappa shape index (κ3) is 3.75. The van der Waals surface area contributed by atoms with Crippen LogP contribution in [0.25, 0.3) is 0 Å². The second-order valence-corrected chi connectivity index (χ2v) is 3.93. The van der Waals surface area contributed by atoms with Crippen LogP contribution in [0.1, 0.15) is 26.5 Å². The van der Waals surface area contributed by atoms with E-state index in [2.05, 4.69) is 31.1 Å². The van der Waals surface area contributed by atoms with Gasteiger partial charge in [-0.05, 0) is 19.1 Å². The maximum absolute atomic E-state index is 9.06. The van der Waals surface area contributed by atoms with Crippen molar-refractivity contribution >= 4 is 0 Å². The fourth-order valence-corrected chi connectivity index (χ4v) is 1.48. The first-order chi connectivity index (χ1) is 6.58. The van der Waals surface area contributed by atoms with Gasteiger partial charge in [0.05, 0.1) is 6.20 Å². The molecule has 1 aromatic heterocycles. The molecule has 0 radical (unpaired) electrons. The van der Waals surface area contributed by atoms with Crippen molar-refractivity contribution < 1.29 is 5.11 Å². The molecule has 0 unspecified atom stereocenters. The molecule has 0 fully saturated rings. The summed E-state index contributed by atoms with van der Waals surface area (Å²) >= 11 is 0. The van der Waals surface area contributed by atoms with Gasteiger partial charge in [-0.15, -0.1) is 0 Å². The number of aromatic hydroxyl groups is 1. The van der Waals surface area contributed by atoms with Crippen molar-refractivity contribution in [1.82, 2.24) is 10.3 Å². The predicted octanol–water partition coefficient (Wildman–Crippen LogP) is 1.72. The van der Waals surface area contributed by atoms with E-state index in [1.807, 2.05) is 6.07 Å². The molecule has 1 rings (SSSR count). The molecular weight excluding hydrogens is 176 g/mol. The lowest BCUT2D eigenvalue weighted by molar-refractivity contribution is 0.467. The van der Waals surface area contributed by atoms with Crippen LogP contribution >= 0.6 is 0 Å². The van der Waals surface area contributed by atoms with Crippen molar-refractivity contribution in [3.05, 3.63) is 24.0 Å². The highest BCUT2D eigenvalue weighted by Crippen LogP contribution is 2.07. The SMILES string of the molecule is CC(C)N[C@@H](C)Cc1ccc(O)cn1. The molecule has 0 bridgehead atoms. The molecule has 0 aliphatic heterocycles. The Labute approximate surface area is 85.2 Å². The number of hydrogen-bond donors (Lipinski definition) is 2. The monoisotopic (exact) mass is 194 g/mol. The van der Waals surface area contributed by atoms with Crippen LogP contribution in [0.2, 0.25) is 0 Å². The maximum Gasteiger partial charge on any atom is 0.133 e. The van der Waals surface area contributed by atoms with Gasteiger partial charge in [0.25, 0.3) is 0 Å². The topological polar surface area (TPSA) is 45.1 Å². The van der Waals surface area contributed by atoms with E-state index in [-0.39, 0.29) is 5.75 Å². The molecule has 0 amide bonds. The van der Waals surface area contributed by atoms with Gasteiger partial charge in [0, 0.05) is 24.2 Å². The minimum Gasteiger partial charge on any atom is -0.506 e. The molecule has 2 N–H and O–H groups in total. The lowest BCUT2D eigenvalue weighted by Crippen LogP contribution is -2.34. The van der Waals surface area contributed by atoms with E-state index in [9.17, 15) is 0 Å². The maximum atomic E-state index is 9.06. The van der Waals surface area contributed by atoms with Crippen LogP contribution < -0.4 is 5.32 Å². The summed E-state index contributed by atoms with van der Waals surface area (Å²) in [5, 5.41) is 12.5. The molecule has 14 heavy (non-hydrogen) atoms. The fourth-order valence-electron chi connectivity index (χ4n) is 1.48. The molecule has 0 saturated carbocycles. The van der Waals surface area contributed by atoms with Crippen molar-refractivity contribution in [2.45, 2.75) is 39.3 Å². The smallest absolute Gasteiger partial charge is 0.133 e. The zero-order valence-electron chi connectivity index (χ0n) is 8.99. The molecule has 0 aliphatic carbocycles. The van der Waals surface area contributed by atoms with Gasteiger partial charge in [0.2, 0.25) is 0 Å². The van der Waals surface area contributed by atoms with Gasteiger partial charge in [0.1, 0.15) is 5.75 Å². The van der Waals surface area contributed by atoms with Crippen molar-refractivity contribution in [3.63, 3.8) is 0 Å². The molecular formula is C11H18N2O. The Bertz CT molecular complexity index is 269. The van der Waals surface area contributed by atoms with E-state index in [1.165, 1.54) is 6.20 Å². The highest BCUT2D eigenvalue weighted by Gasteiger charge is 2.05. The van der Waals surface area contributed by atoms with E-state index in [4.69, 9.17) is 5.11 Å². The third-order valence-electron chi connectivity index (χ3n) is 1.94. The van der Waals surface area contributed by atoms with Gasteiger partial charge in [0.15, 0.2) is 0 Å². The molecule has 0 spiro atoms. The number of nitrogens with one attached hydrogen (secondary N) is 1. The Morgan fingerprint density at radius 3 is 2.57 bits per heavy atom. The van der Waals surface area contributed by atoms with Gasteiger partial charge < -0.3 is 10.4 Å². The Kier molecular flexibility index (Phi) is 3.89. The summed E-state index contributed by atoms with van der Waals surface area (Å²) in [5.74, 6) is 0.221. The van der Waals surface area contributed by atoms with Crippen LogP contribution in [0.3, 0.4) is 0 Å². The van der Waals surface area contributed by atoms with Crippen molar-refractivity contribution in [1.29, 1.82) is 0 Å². The molecule has 78 valence electrons. The lowest BCUT2D eigenvalue weighted by atomic mass is 10.1. The Balaban J connectivity index is 2.47. The van der Waals surface area contributed by atoms with Crippen LogP contribution in [0.15, 0.2) is 18.3 Å². The highest BCUT2D eigenvalue weighted by atomic mass is 16.3.